The summed E-state index contributed by atoms with van der Waals surface area (Å²) in [7, 11) is 0. The molecule has 0 atom stereocenters. The van der Waals surface area contributed by atoms with Crippen LogP contribution in [0.4, 0.5) is 24.5 Å². The van der Waals surface area contributed by atoms with Gasteiger partial charge in [0.15, 0.2) is 0 Å². The number of nitrogens with one attached hydrogen (secondary N) is 3. The van der Waals surface area contributed by atoms with Gasteiger partial charge in [0, 0.05) is 33.7 Å². The van der Waals surface area contributed by atoms with E-state index in [9.17, 15) is 27.6 Å². The molecule has 1 aromatic heterocycles. The van der Waals surface area contributed by atoms with Crippen LogP contribution >= 0.6 is 11.6 Å². The fraction of sp³-hybridized carbons (Fsp3) is 0.190. The maximum Gasteiger partial charge on any atom is 0.418 e. The first-order chi connectivity index (χ1) is 14.5. The Bertz CT molecular complexity index is 1240. The van der Waals surface area contributed by atoms with E-state index in [1.54, 1.807) is 26.0 Å². The second kappa shape index (κ2) is 8.43. The number of benzene rings is 2. The van der Waals surface area contributed by atoms with Crippen molar-refractivity contribution < 1.29 is 22.8 Å². The third kappa shape index (κ3) is 4.88. The van der Waals surface area contributed by atoms with Gasteiger partial charge in [-0.2, -0.15) is 13.2 Å². The molecule has 31 heavy (non-hydrogen) atoms. The highest BCUT2D eigenvalue weighted by Gasteiger charge is 2.34. The highest BCUT2D eigenvalue weighted by Crippen LogP contribution is 2.37. The van der Waals surface area contributed by atoms with Crippen LogP contribution in [-0.4, -0.2) is 16.8 Å². The number of H-pyrrole nitrogens is 1. The molecule has 0 aliphatic carbocycles. The van der Waals surface area contributed by atoms with E-state index >= 15 is 0 Å². The van der Waals surface area contributed by atoms with Crippen LogP contribution in [0.15, 0.2) is 47.4 Å². The average molecular weight is 452 g/mol. The highest BCUT2D eigenvalue weighted by molar-refractivity contribution is 6.31. The van der Waals surface area contributed by atoms with Gasteiger partial charge in [-0.3, -0.25) is 14.4 Å². The molecule has 0 bridgehead atoms. The summed E-state index contributed by atoms with van der Waals surface area (Å²) in [5.74, 6) is -1.90. The van der Waals surface area contributed by atoms with E-state index in [2.05, 4.69) is 15.6 Å². The van der Waals surface area contributed by atoms with Crippen LogP contribution in [0, 0.1) is 5.92 Å². The van der Waals surface area contributed by atoms with Crippen molar-refractivity contribution in [2.75, 3.05) is 10.6 Å². The van der Waals surface area contributed by atoms with Gasteiger partial charge in [0.2, 0.25) is 11.3 Å². The van der Waals surface area contributed by atoms with Crippen molar-refractivity contribution in [1.29, 1.82) is 0 Å². The maximum atomic E-state index is 13.6. The molecular formula is C21H17ClF3N3O3. The molecule has 0 unspecified atom stereocenters. The number of fused-ring (bicyclic) bond motifs is 1. The molecule has 3 rings (SSSR count). The SMILES string of the molecule is CC(C)C(=O)Nc1ccc(NC(=O)c2c[nH]c3ccc(Cl)cc3c2=O)c(C(F)(F)F)c1. The van der Waals surface area contributed by atoms with Crippen LogP contribution in [0.25, 0.3) is 10.9 Å². The van der Waals surface area contributed by atoms with Crippen LogP contribution in [0.5, 0.6) is 0 Å². The van der Waals surface area contributed by atoms with Gasteiger partial charge >= 0.3 is 6.18 Å². The number of hydrogen-bond donors (Lipinski definition) is 3. The number of aromatic amines is 1. The molecule has 3 N–H and O–H groups in total. The van der Waals surface area contributed by atoms with Gasteiger partial charge in [-0.1, -0.05) is 25.4 Å². The van der Waals surface area contributed by atoms with E-state index in [4.69, 9.17) is 11.6 Å². The first kappa shape index (κ1) is 22.4. The molecule has 0 saturated carbocycles. The Morgan fingerprint density at radius 1 is 1.06 bits per heavy atom. The fourth-order valence-electron chi connectivity index (χ4n) is 2.80. The van der Waals surface area contributed by atoms with Gasteiger partial charge in [-0.15, -0.1) is 0 Å². The number of amides is 2. The first-order valence-corrected chi connectivity index (χ1v) is 9.49. The van der Waals surface area contributed by atoms with E-state index in [0.29, 0.717) is 5.52 Å². The van der Waals surface area contributed by atoms with Crippen molar-refractivity contribution in [2.24, 2.45) is 5.92 Å². The summed E-state index contributed by atoms with van der Waals surface area (Å²) in [5.41, 5.74) is -2.41. The molecule has 0 aliphatic heterocycles. The van der Waals surface area contributed by atoms with E-state index in [1.165, 1.54) is 12.1 Å². The molecule has 1 heterocycles. The van der Waals surface area contributed by atoms with Gasteiger partial charge in [0.25, 0.3) is 5.91 Å². The predicted octanol–water partition coefficient (Wildman–Crippen LogP) is 5.05. The molecule has 162 valence electrons. The van der Waals surface area contributed by atoms with Crippen molar-refractivity contribution in [1.82, 2.24) is 4.98 Å². The van der Waals surface area contributed by atoms with E-state index in [-0.39, 0.29) is 21.7 Å². The summed E-state index contributed by atoms with van der Waals surface area (Å²) in [6.07, 6.45) is -3.69. The quantitative estimate of drug-likeness (QED) is 0.518. The van der Waals surface area contributed by atoms with Gasteiger partial charge < -0.3 is 15.6 Å². The summed E-state index contributed by atoms with van der Waals surface area (Å²) in [5, 5.41) is 4.91. The Morgan fingerprint density at radius 3 is 2.42 bits per heavy atom. The van der Waals surface area contributed by atoms with Crippen molar-refractivity contribution in [3.63, 3.8) is 0 Å². The second-order valence-corrected chi connectivity index (χ2v) is 7.51. The topological polar surface area (TPSA) is 91.1 Å². The standard InChI is InChI=1S/C21H17ClF3N3O3/c1-10(2)19(30)27-12-4-6-17(15(8-12)21(23,24)25)28-20(31)14-9-26-16-5-3-11(22)7-13(16)18(14)29/h3-10H,1-2H3,(H,26,29)(H,27,30)(H,28,31). The van der Waals surface area contributed by atoms with Crippen LogP contribution < -0.4 is 16.1 Å². The molecule has 10 heteroatoms. The Kier molecular flexibility index (Phi) is 6.08. The minimum Gasteiger partial charge on any atom is -0.360 e. The lowest BCUT2D eigenvalue weighted by atomic mass is 10.1. The minimum atomic E-state index is -4.81. The van der Waals surface area contributed by atoms with Crippen LogP contribution in [0.3, 0.4) is 0 Å². The Balaban J connectivity index is 1.97. The zero-order valence-electron chi connectivity index (χ0n) is 16.4. The number of anilines is 2. The molecule has 2 amide bonds. The summed E-state index contributed by atoms with van der Waals surface area (Å²) in [6, 6.07) is 7.43. The Labute approximate surface area is 179 Å². The average Bonchev–Trinajstić information content (AvgIpc) is 2.68. The Morgan fingerprint density at radius 2 is 1.77 bits per heavy atom. The number of carbonyl (C=O) groups is 2. The highest BCUT2D eigenvalue weighted by atomic mass is 35.5. The van der Waals surface area contributed by atoms with Gasteiger partial charge in [-0.05, 0) is 36.4 Å². The molecule has 0 saturated heterocycles. The summed E-state index contributed by atoms with van der Waals surface area (Å²) in [4.78, 5) is 39.7. The molecule has 0 spiro atoms. The molecule has 0 aliphatic rings. The number of aromatic nitrogens is 1. The number of rotatable bonds is 4. The van der Waals surface area contributed by atoms with Gasteiger partial charge in [0.1, 0.15) is 5.56 Å². The maximum absolute atomic E-state index is 13.6. The number of halogens is 4. The zero-order valence-corrected chi connectivity index (χ0v) is 17.1. The Hall–Kier alpha value is -3.33. The summed E-state index contributed by atoms with van der Waals surface area (Å²) in [6.45, 7) is 3.20. The van der Waals surface area contributed by atoms with Crippen LogP contribution in [0.2, 0.25) is 5.02 Å². The summed E-state index contributed by atoms with van der Waals surface area (Å²) < 4.78 is 40.7. The lowest BCUT2D eigenvalue weighted by Gasteiger charge is -2.16. The normalized spacial score (nSPS) is 11.6. The fourth-order valence-corrected chi connectivity index (χ4v) is 2.97. The van der Waals surface area contributed by atoms with Gasteiger partial charge in [-0.25, -0.2) is 0 Å². The van der Waals surface area contributed by atoms with E-state index in [1.807, 2.05) is 0 Å². The number of hydrogen-bond acceptors (Lipinski definition) is 3. The van der Waals surface area contributed by atoms with Crippen LogP contribution in [0.1, 0.15) is 29.8 Å². The van der Waals surface area contributed by atoms with Crippen molar-refractivity contribution in [2.45, 2.75) is 20.0 Å². The third-order valence-electron chi connectivity index (χ3n) is 4.45. The van der Waals surface area contributed by atoms with Crippen LogP contribution in [-0.2, 0) is 11.0 Å². The number of alkyl halides is 3. The van der Waals surface area contributed by atoms with E-state index < -0.39 is 40.6 Å². The lowest BCUT2D eigenvalue weighted by Crippen LogP contribution is -2.24. The molecule has 2 aromatic carbocycles. The predicted molar refractivity (Wildman–Crippen MR) is 112 cm³/mol. The van der Waals surface area contributed by atoms with E-state index in [0.717, 1.165) is 18.3 Å². The third-order valence-corrected chi connectivity index (χ3v) is 4.69. The molecule has 0 radical (unpaired) electrons. The molecular weight excluding hydrogens is 435 g/mol. The minimum absolute atomic E-state index is 0.0674. The number of carbonyl (C=O) groups excluding carboxylic acids is 2. The van der Waals surface area contributed by atoms with Gasteiger partial charge in [0.05, 0.1) is 11.3 Å². The summed E-state index contributed by atoms with van der Waals surface area (Å²) >= 11 is 5.89. The smallest absolute Gasteiger partial charge is 0.360 e. The first-order valence-electron chi connectivity index (χ1n) is 9.12. The molecule has 6 nitrogen and oxygen atoms in total. The zero-order chi connectivity index (χ0) is 22.9. The van der Waals surface area contributed by atoms with Crippen molar-refractivity contribution in [3.8, 4) is 0 Å². The second-order valence-electron chi connectivity index (χ2n) is 7.08. The molecule has 3 aromatic rings. The monoisotopic (exact) mass is 451 g/mol. The van der Waals surface area contributed by atoms with Crippen molar-refractivity contribution >= 4 is 45.7 Å². The molecule has 0 fully saturated rings. The largest absolute Gasteiger partial charge is 0.418 e. The van der Waals surface area contributed by atoms with Crippen molar-refractivity contribution in [3.05, 3.63) is 69.0 Å². The lowest BCUT2D eigenvalue weighted by molar-refractivity contribution is -0.137. The number of pyridine rings is 1.